The van der Waals surface area contributed by atoms with Crippen LogP contribution in [0.2, 0.25) is 10.0 Å². The fourth-order valence-electron chi connectivity index (χ4n) is 2.52. The lowest BCUT2D eigenvalue weighted by Gasteiger charge is -2.26. The summed E-state index contributed by atoms with van der Waals surface area (Å²) < 4.78 is 0. The molecule has 0 unspecified atom stereocenters. The molecule has 2 nitrogen and oxygen atoms in total. The van der Waals surface area contributed by atoms with E-state index in [0.29, 0.717) is 22.2 Å². The zero-order valence-electron chi connectivity index (χ0n) is 10.5. The van der Waals surface area contributed by atoms with Crippen LogP contribution in [-0.2, 0) is 0 Å². The summed E-state index contributed by atoms with van der Waals surface area (Å²) in [7, 11) is 0. The van der Waals surface area contributed by atoms with Crippen molar-refractivity contribution < 1.29 is 4.79 Å². The second-order valence-corrected chi connectivity index (χ2v) is 6.55. The Bertz CT molecular complexity index is 473. The lowest BCUT2D eigenvalue weighted by atomic mass is 9.89. The van der Waals surface area contributed by atoms with Gasteiger partial charge in [-0.1, -0.05) is 52.0 Å². The molecule has 0 heterocycles. The van der Waals surface area contributed by atoms with Crippen LogP contribution in [0.3, 0.4) is 0 Å². The highest BCUT2D eigenvalue weighted by molar-refractivity contribution is 9.09. The minimum atomic E-state index is -0.153. The molecular weight excluding hydrogens is 349 g/mol. The van der Waals surface area contributed by atoms with Gasteiger partial charge in [0.2, 0.25) is 0 Å². The Morgan fingerprint density at radius 1 is 1.32 bits per heavy atom. The molecule has 19 heavy (non-hydrogen) atoms. The summed E-state index contributed by atoms with van der Waals surface area (Å²) in [5.41, 5.74) is 0.637. The average molecular weight is 365 g/mol. The fraction of sp³-hybridized carbons (Fsp3) is 0.500. The predicted octanol–water partition coefficient (Wildman–Crippen LogP) is 4.68. The van der Waals surface area contributed by atoms with Crippen LogP contribution in [0, 0.1) is 5.41 Å². The molecule has 0 aromatic heterocycles. The van der Waals surface area contributed by atoms with Gasteiger partial charge in [0.1, 0.15) is 0 Å². The van der Waals surface area contributed by atoms with E-state index in [-0.39, 0.29) is 11.3 Å². The molecule has 104 valence electrons. The first-order valence-electron chi connectivity index (χ1n) is 6.36. The van der Waals surface area contributed by atoms with E-state index in [1.54, 1.807) is 18.2 Å². The molecule has 1 fully saturated rings. The lowest BCUT2D eigenvalue weighted by Crippen LogP contribution is -2.37. The van der Waals surface area contributed by atoms with Gasteiger partial charge in [-0.3, -0.25) is 4.79 Å². The molecule has 0 radical (unpaired) electrons. The number of carbonyl (C=O) groups is 1. The van der Waals surface area contributed by atoms with Gasteiger partial charge >= 0.3 is 0 Å². The standard InChI is InChI=1S/C14H16BrCl2NO/c15-8-14(5-1-2-6-14)9-18-13(19)11-7-10(16)3-4-12(11)17/h3-4,7H,1-2,5-6,8-9H2,(H,18,19). The van der Waals surface area contributed by atoms with Crippen molar-refractivity contribution in [1.82, 2.24) is 5.32 Å². The molecule has 1 aromatic rings. The molecule has 0 aliphatic heterocycles. The van der Waals surface area contributed by atoms with E-state index < -0.39 is 0 Å². The summed E-state index contributed by atoms with van der Waals surface area (Å²) >= 11 is 15.5. The average Bonchev–Trinajstić information content (AvgIpc) is 2.88. The van der Waals surface area contributed by atoms with E-state index >= 15 is 0 Å². The second-order valence-electron chi connectivity index (χ2n) is 5.15. The molecule has 5 heteroatoms. The normalized spacial score (nSPS) is 17.4. The quantitative estimate of drug-likeness (QED) is 0.772. The molecule has 1 aliphatic carbocycles. The van der Waals surface area contributed by atoms with Crippen LogP contribution < -0.4 is 5.32 Å². The Morgan fingerprint density at radius 3 is 2.63 bits per heavy atom. The maximum absolute atomic E-state index is 12.2. The van der Waals surface area contributed by atoms with Crippen molar-refractivity contribution in [2.45, 2.75) is 25.7 Å². The van der Waals surface area contributed by atoms with Crippen molar-refractivity contribution in [1.29, 1.82) is 0 Å². The molecule has 0 saturated heterocycles. The second kappa shape index (κ2) is 6.47. The Hall–Kier alpha value is -0.250. The van der Waals surface area contributed by atoms with E-state index in [9.17, 15) is 4.79 Å². The van der Waals surface area contributed by atoms with Crippen molar-refractivity contribution >= 4 is 45.0 Å². The van der Waals surface area contributed by atoms with E-state index in [2.05, 4.69) is 21.2 Å². The number of rotatable bonds is 4. The number of hydrogen-bond acceptors (Lipinski definition) is 1. The third-order valence-corrected chi connectivity index (χ3v) is 5.50. The van der Waals surface area contributed by atoms with Gasteiger partial charge in [-0.2, -0.15) is 0 Å². The number of hydrogen-bond donors (Lipinski definition) is 1. The third-order valence-electron chi connectivity index (χ3n) is 3.74. The first kappa shape index (κ1) is 15.1. The Labute approximate surface area is 132 Å². The van der Waals surface area contributed by atoms with Gasteiger partial charge in [0.05, 0.1) is 10.6 Å². The first-order valence-corrected chi connectivity index (χ1v) is 8.23. The molecular formula is C14H16BrCl2NO. The van der Waals surface area contributed by atoms with Gasteiger partial charge in [0.15, 0.2) is 0 Å². The SMILES string of the molecule is O=C(NCC1(CBr)CCCC1)c1cc(Cl)ccc1Cl. The summed E-state index contributed by atoms with van der Waals surface area (Å²) in [6.45, 7) is 0.680. The first-order chi connectivity index (χ1) is 9.06. The topological polar surface area (TPSA) is 29.1 Å². The van der Waals surface area contributed by atoms with E-state index in [1.165, 1.54) is 12.8 Å². The van der Waals surface area contributed by atoms with E-state index in [4.69, 9.17) is 23.2 Å². The fourth-order valence-corrected chi connectivity index (χ4v) is 3.65. The molecule has 0 spiro atoms. The van der Waals surface area contributed by atoms with Crippen molar-refractivity contribution in [3.63, 3.8) is 0 Å². The van der Waals surface area contributed by atoms with E-state index in [1.807, 2.05) is 0 Å². The number of carbonyl (C=O) groups excluding carboxylic acids is 1. The van der Waals surface area contributed by atoms with Gasteiger partial charge in [0, 0.05) is 16.9 Å². The number of benzene rings is 1. The zero-order chi connectivity index (χ0) is 13.9. The van der Waals surface area contributed by atoms with Crippen LogP contribution in [0.5, 0.6) is 0 Å². The minimum absolute atomic E-state index is 0.153. The van der Waals surface area contributed by atoms with Gasteiger partial charge < -0.3 is 5.32 Å². The molecule has 1 aliphatic rings. The van der Waals surface area contributed by atoms with Crippen LogP contribution in [0.4, 0.5) is 0 Å². The molecule has 2 rings (SSSR count). The summed E-state index contributed by atoms with van der Waals surface area (Å²) in [4.78, 5) is 12.2. The van der Waals surface area contributed by atoms with Crippen molar-refractivity contribution in [3.8, 4) is 0 Å². The molecule has 1 aromatic carbocycles. The van der Waals surface area contributed by atoms with Crippen LogP contribution in [-0.4, -0.2) is 17.8 Å². The van der Waals surface area contributed by atoms with Crippen molar-refractivity contribution in [3.05, 3.63) is 33.8 Å². The summed E-state index contributed by atoms with van der Waals surface area (Å²) in [6.07, 6.45) is 4.78. The minimum Gasteiger partial charge on any atom is -0.351 e. The summed E-state index contributed by atoms with van der Waals surface area (Å²) in [6, 6.07) is 4.93. The molecule has 1 N–H and O–H groups in total. The Balaban J connectivity index is 2.03. The van der Waals surface area contributed by atoms with Gasteiger partial charge in [-0.25, -0.2) is 0 Å². The summed E-state index contributed by atoms with van der Waals surface area (Å²) in [5, 5.41) is 4.86. The van der Waals surface area contributed by atoms with Crippen LogP contribution in [0.25, 0.3) is 0 Å². The van der Waals surface area contributed by atoms with E-state index in [0.717, 1.165) is 18.2 Å². The number of amides is 1. The van der Waals surface area contributed by atoms with Crippen LogP contribution in [0.1, 0.15) is 36.0 Å². The molecule has 0 atom stereocenters. The summed E-state index contributed by atoms with van der Waals surface area (Å²) in [5.74, 6) is -0.153. The molecule has 1 amide bonds. The van der Waals surface area contributed by atoms with Crippen LogP contribution >= 0.6 is 39.1 Å². The third kappa shape index (κ3) is 3.65. The number of halogens is 3. The monoisotopic (exact) mass is 363 g/mol. The Kier molecular flexibility index (Phi) is 5.15. The highest BCUT2D eigenvalue weighted by Crippen LogP contribution is 2.39. The largest absolute Gasteiger partial charge is 0.351 e. The maximum Gasteiger partial charge on any atom is 0.252 e. The predicted molar refractivity (Wildman–Crippen MR) is 83.5 cm³/mol. The van der Waals surface area contributed by atoms with Gasteiger partial charge in [-0.15, -0.1) is 0 Å². The highest BCUT2D eigenvalue weighted by atomic mass is 79.9. The van der Waals surface area contributed by atoms with Crippen LogP contribution in [0.15, 0.2) is 18.2 Å². The zero-order valence-corrected chi connectivity index (χ0v) is 13.6. The Morgan fingerprint density at radius 2 is 2.00 bits per heavy atom. The molecule has 0 bridgehead atoms. The number of nitrogens with one attached hydrogen (secondary N) is 1. The van der Waals surface area contributed by atoms with Gasteiger partial charge in [0.25, 0.3) is 5.91 Å². The maximum atomic E-state index is 12.2. The van der Waals surface area contributed by atoms with Gasteiger partial charge in [-0.05, 0) is 36.5 Å². The lowest BCUT2D eigenvalue weighted by molar-refractivity contribution is 0.0935. The number of alkyl halides is 1. The highest BCUT2D eigenvalue weighted by Gasteiger charge is 2.33. The van der Waals surface area contributed by atoms with Crippen molar-refractivity contribution in [2.24, 2.45) is 5.41 Å². The smallest absolute Gasteiger partial charge is 0.252 e. The van der Waals surface area contributed by atoms with Crippen molar-refractivity contribution in [2.75, 3.05) is 11.9 Å². The molecule has 1 saturated carbocycles.